The first-order valence-corrected chi connectivity index (χ1v) is 7.82. The molecule has 21 heavy (non-hydrogen) atoms. The van der Waals surface area contributed by atoms with Gasteiger partial charge in [-0.1, -0.05) is 26.7 Å². The third-order valence-electron chi connectivity index (χ3n) is 4.07. The Morgan fingerprint density at radius 3 is 2.90 bits per heavy atom. The molecule has 1 fully saturated rings. The molecule has 1 heterocycles. The Hall–Kier alpha value is -1.65. The van der Waals surface area contributed by atoms with E-state index >= 15 is 0 Å². The molecular formula is C16H24FN3O. The zero-order valence-electron chi connectivity index (χ0n) is 12.8. The summed E-state index contributed by atoms with van der Waals surface area (Å²) in [5.74, 6) is 0.203. The fourth-order valence-corrected chi connectivity index (χ4v) is 2.77. The number of hydrogen-bond donors (Lipinski definition) is 2. The number of carbonyl (C=O) groups excluding carboxylic acids is 1. The molecule has 116 valence electrons. The van der Waals surface area contributed by atoms with E-state index in [1.165, 1.54) is 12.5 Å². The van der Waals surface area contributed by atoms with Crippen molar-refractivity contribution < 1.29 is 9.18 Å². The quantitative estimate of drug-likeness (QED) is 0.875. The highest BCUT2D eigenvalue weighted by molar-refractivity contribution is 5.98. The largest absolute Gasteiger partial charge is 0.369 e. The summed E-state index contributed by atoms with van der Waals surface area (Å²) in [5, 5.41) is 6.12. The second kappa shape index (κ2) is 7.38. The Morgan fingerprint density at radius 1 is 1.43 bits per heavy atom. The minimum atomic E-state index is -0.487. The van der Waals surface area contributed by atoms with Crippen molar-refractivity contribution in [3.63, 3.8) is 0 Å². The van der Waals surface area contributed by atoms with Gasteiger partial charge in [-0.25, -0.2) is 9.37 Å². The van der Waals surface area contributed by atoms with Gasteiger partial charge in [-0.3, -0.25) is 4.79 Å². The average Bonchev–Trinajstić information content (AvgIpc) is 2.48. The molecule has 0 radical (unpaired) electrons. The number of anilines is 1. The second-order valence-corrected chi connectivity index (χ2v) is 5.82. The van der Waals surface area contributed by atoms with E-state index in [4.69, 9.17) is 0 Å². The molecule has 2 rings (SSSR count). The van der Waals surface area contributed by atoms with Gasteiger partial charge < -0.3 is 10.6 Å². The Labute approximate surface area is 125 Å². The van der Waals surface area contributed by atoms with Crippen molar-refractivity contribution in [1.29, 1.82) is 0 Å². The van der Waals surface area contributed by atoms with E-state index in [0.717, 1.165) is 31.9 Å². The summed E-state index contributed by atoms with van der Waals surface area (Å²) in [5.41, 5.74) is 0.293. The summed E-state index contributed by atoms with van der Waals surface area (Å²) in [6.07, 6.45) is 6.54. The number of rotatable bonds is 5. The highest BCUT2D eigenvalue weighted by Crippen LogP contribution is 2.24. The molecule has 4 nitrogen and oxygen atoms in total. The first-order valence-electron chi connectivity index (χ1n) is 7.82. The molecule has 0 aliphatic heterocycles. The van der Waals surface area contributed by atoms with E-state index in [-0.39, 0.29) is 11.9 Å². The lowest BCUT2D eigenvalue weighted by Crippen LogP contribution is -2.41. The fraction of sp³-hybridized carbons (Fsp3) is 0.625. The number of aromatic nitrogens is 1. The van der Waals surface area contributed by atoms with Crippen molar-refractivity contribution in [2.75, 3.05) is 11.9 Å². The molecule has 1 amide bonds. The first kappa shape index (κ1) is 15.7. The van der Waals surface area contributed by atoms with Gasteiger partial charge in [0, 0.05) is 12.6 Å². The van der Waals surface area contributed by atoms with Gasteiger partial charge in [-0.05, 0) is 31.2 Å². The van der Waals surface area contributed by atoms with Crippen LogP contribution in [0.5, 0.6) is 0 Å². The van der Waals surface area contributed by atoms with Crippen LogP contribution in [-0.2, 0) is 0 Å². The number of pyridine rings is 1. The lowest BCUT2D eigenvalue weighted by atomic mass is 9.86. The average molecular weight is 293 g/mol. The molecule has 2 unspecified atom stereocenters. The van der Waals surface area contributed by atoms with Crippen molar-refractivity contribution >= 4 is 11.7 Å². The topological polar surface area (TPSA) is 54.0 Å². The molecule has 2 atom stereocenters. The van der Waals surface area contributed by atoms with E-state index in [1.54, 1.807) is 0 Å². The smallest absolute Gasteiger partial charge is 0.255 e. The normalized spacial score (nSPS) is 21.9. The molecule has 0 saturated heterocycles. The SMILES string of the molecule is CCCNc1ncc(F)cc1C(=O)NC1CCCCC1C. The summed E-state index contributed by atoms with van der Waals surface area (Å²) in [6.45, 7) is 4.89. The van der Waals surface area contributed by atoms with Crippen LogP contribution < -0.4 is 10.6 Å². The number of nitrogens with one attached hydrogen (secondary N) is 2. The summed E-state index contributed by atoms with van der Waals surface area (Å²) in [7, 11) is 0. The Kier molecular flexibility index (Phi) is 5.53. The third-order valence-corrected chi connectivity index (χ3v) is 4.07. The highest BCUT2D eigenvalue weighted by atomic mass is 19.1. The number of hydrogen-bond acceptors (Lipinski definition) is 3. The number of carbonyl (C=O) groups is 1. The predicted molar refractivity (Wildman–Crippen MR) is 81.9 cm³/mol. The predicted octanol–water partition coefficient (Wildman–Crippen LogP) is 3.35. The fourth-order valence-electron chi connectivity index (χ4n) is 2.77. The Morgan fingerprint density at radius 2 is 2.19 bits per heavy atom. The van der Waals surface area contributed by atoms with Crippen LogP contribution in [-0.4, -0.2) is 23.5 Å². The van der Waals surface area contributed by atoms with Crippen LogP contribution in [0.4, 0.5) is 10.2 Å². The van der Waals surface area contributed by atoms with Crippen LogP contribution in [0, 0.1) is 11.7 Å². The van der Waals surface area contributed by atoms with Gasteiger partial charge >= 0.3 is 0 Å². The van der Waals surface area contributed by atoms with Gasteiger partial charge in [0.15, 0.2) is 0 Å². The molecule has 2 N–H and O–H groups in total. The van der Waals surface area contributed by atoms with Crippen LogP contribution in [0.15, 0.2) is 12.3 Å². The van der Waals surface area contributed by atoms with E-state index in [1.807, 2.05) is 6.92 Å². The lowest BCUT2D eigenvalue weighted by Gasteiger charge is -2.29. The van der Waals surface area contributed by atoms with Crippen molar-refractivity contribution in [3.05, 3.63) is 23.6 Å². The molecule has 0 bridgehead atoms. The van der Waals surface area contributed by atoms with Crippen LogP contribution in [0.25, 0.3) is 0 Å². The summed E-state index contributed by atoms with van der Waals surface area (Å²) >= 11 is 0. The Bertz CT molecular complexity index is 492. The maximum Gasteiger partial charge on any atom is 0.255 e. The summed E-state index contributed by atoms with van der Waals surface area (Å²) in [4.78, 5) is 16.4. The number of nitrogens with zero attached hydrogens (tertiary/aromatic N) is 1. The maximum absolute atomic E-state index is 13.4. The standard InChI is InChI=1S/C16H24FN3O/c1-3-8-18-15-13(9-12(17)10-19-15)16(21)20-14-7-5-4-6-11(14)2/h9-11,14H,3-8H2,1-2H3,(H,18,19)(H,20,21). The van der Waals surface area contributed by atoms with Gasteiger partial charge in [0.25, 0.3) is 5.91 Å². The van der Waals surface area contributed by atoms with E-state index in [0.29, 0.717) is 23.8 Å². The molecule has 0 aromatic carbocycles. The van der Waals surface area contributed by atoms with E-state index in [2.05, 4.69) is 22.5 Å². The van der Waals surface area contributed by atoms with Crippen molar-refractivity contribution in [1.82, 2.24) is 10.3 Å². The molecular weight excluding hydrogens is 269 g/mol. The third kappa shape index (κ3) is 4.16. The van der Waals surface area contributed by atoms with Crippen molar-refractivity contribution in [2.24, 2.45) is 5.92 Å². The van der Waals surface area contributed by atoms with E-state index in [9.17, 15) is 9.18 Å². The molecule has 1 aromatic heterocycles. The second-order valence-electron chi connectivity index (χ2n) is 5.82. The monoisotopic (exact) mass is 293 g/mol. The zero-order valence-corrected chi connectivity index (χ0v) is 12.8. The van der Waals surface area contributed by atoms with Gasteiger partial charge in [0.05, 0.1) is 11.8 Å². The molecule has 1 saturated carbocycles. The molecule has 1 aliphatic rings. The van der Waals surface area contributed by atoms with Gasteiger partial charge in [-0.2, -0.15) is 0 Å². The maximum atomic E-state index is 13.4. The summed E-state index contributed by atoms with van der Waals surface area (Å²) < 4.78 is 13.4. The Balaban J connectivity index is 2.11. The molecule has 1 aliphatic carbocycles. The zero-order chi connectivity index (χ0) is 15.2. The lowest BCUT2D eigenvalue weighted by molar-refractivity contribution is 0.0910. The van der Waals surface area contributed by atoms with Crippen LogP contribution >= 0.6 is 0 Å². The molecule has 1 aromatic rings. The van der Waals surface area contributed by atoms with Crippen molar-refractivity contribution in [2.45, 2.75) is 52.0 Å². The van der Waals surface area contributed by atoms with Crippen molar-refractivity contribution in [3.8, 4) is 0 Å². The van der Waals surface area contributed by atoms with Gasteiger partial charge in [0.2, 0.25) is 0 Å². The van der Waals surface area contributed by atoms with Gasteiger partial charge in [-0.15, -0.1) is 0 Å². The highest BCUT2D eigenvalue weighted by Gasteiger charge is 2.24. The summed E-state index contributed by atoms with van der Waals surface area (Å²) in [6, 6.07) is 1.43. The van der Waals surface area contributed by atoms with E-state index < -0.39 is 5.82 Å². The number of amides is 1. The number of halogens is 1. The molecule has 0 spiro atoms. The minimum absolute atomic E-state index is 0.175. The van der Waals surface area contributed by atoms with Crippen LogP contribution in [0.1, 0.15) is 56.3 Å². The van der Waals surface area contributed by atoms with Crippen LogP contribution in [0.2, 0.25) is 0 Å². The van der Waals surface area contributed by atoms with Gasteiger partial charge in [0.1, 0.15) is 11.6 Å². The first-order chi connectivity index (χ1) is 10.1. The van der Waals surface area contributed by atoms with Crippen LogP contribution in [0.3, 0.4) is 0 Å². The minimum Gasteiger partial charge on any atom is -0.369 e. The molecule has 5 heteroatoms.